The van der Waals surface area contributed by atoms with Gasteiger partial charge in [0.1, 0.15) is 0 Å². The minimum absolute atomic E-state index is 0.00661. The third kappa shape index (κ3) is 5.55. The van der Waals surface area contributed by atoms with Gasteiger partial charge in [-0.3, -0.25) is 19.7 Å². The number of ether oxygens (including phenoxy) is 1. The van der Waals surface area contributed by atoms with Crippen molar-refractivity contribution in [3.8, 4) is 0 Å². The minimum Gasteiger partial charge on any atom is -0.455 e. The predicted molar refractivity (Wildman–Crippen MR) is 95.1 cm³/mol. The summed E-state index contributed by atoms with van der Waals surface area (Å²) in [7, 11) is 0. The van der Waals surface area contributed by atoms with Crippen LogP contribution in [0.1, 0.15) is 56.0 Å². The third-order valence-electron chi connectivity index (χ3n) is 4.21. The normalized spacial score (nSPS) is 17.0. The van der Waals surface area contributed by atoms with E-state index < -0.39 is 18.4 Å². The number of allylic oxidation sites excluding steroid dienone is 2. The van der Waals surface area contributed by atoms with Gasteiger partial charge in [0.25, 0.3) is 11.8 Å². The first-order valence-electron chi connectivity index (χ1n) is 8.54. The Bertz CT molecular complexity index is 668. The average molecular weight is 343 g/mol. The van der Waals surface area contributed by atoms with Crippen molar-refractivity contribution in [2.45, 2.75) is 45.4 Å². The summed E-state index contributed by atoms with van der Waals surface area (Å²) in [5.74, 6) is -1.70. The van der Waals surface area contributed by atoms with Gasteiger partial charge in [-0.2, -0.15) is 0 Å². The monoisotopic (exact) mass is 343 g/mol. The molecule has 0 spiro atoms. The Morgan fingerprint density at radius 2 is 1.80 bits per heavy atom. The molecule has 0 aromatic heterocycles. The van der Waals surface area contributed by atoms with Crippen LogP contribution in [0.4, 0.5) is 0 Å². The summed E-state index contributed by atoms with van der Waals surface area (Å²) in [6.07, 6.45) is 6.19. The molecule has 1 aliphatic carbocycles. The quantitative estimate of drug-likeness (QED) is 0.673. The third-order valence-corrected chi connectivity index (χ3v) is 4.21. The van der Waals surface area contributed by atoms with E-state index in [4.69, 9.17) is 4.74 Å². The smallest absolute Gasteiger partial charge is 0.309 e. The van der Waals surface area contributed by atoms with Crippen molar-refractivity contribution < 1.29 is 19.1 Å². The molecule has 0 unspecified atom stereocenters. The minimum atomic E-state index is -0.621. The lowest BCUT2D eigenvalue weighted by Gasteiger charge is -2.19. The molecule has 134 valence electrons. The van der Waals surface area contributed by atoms with Gasteiger partial charge in [0.15, 0.2) is 6.61 Å². The molecule has 0 bridgehead atoms. The molecule has 2 amide bonds. The fraction of sp³-hybridized carbons (Fsp3) is 0.450. The molecular formula is C20H25NO4. The fourth-order valence-corrected chi connectivity index (χ4v) is 2.62. The summed E-state index contributed by atoms with van der Waals surface area (Å²) in [4.78, 5) is 35.8. The van der Waals surface area contributed by atoms with Crippen LogP contribution in [-0.2, 0) is 19.7 Å². The number of benzene rings is 1. The zero-order valence-corrected chi connectivity index (χ0v) is 15.0. The maximum Gasteiger partial charge on any atom is 0.309 e. The van der Waals surface area contributed by atoms with Gasteiger partial charge in [-0.05, 0) is 42.4 Å². The van der Waals surface area contributed by atoms with Crippen LogP contribution in [0.25, 0.3) is 0 Å². The van der Waals surface area contributed by atoms with Crippen LogP contribution in [-0.4, -0.2) is 24.4 Å². The Balaban J connectivity index is 1.82. The molecule has 1 aromatic rings. The summed E-state index contributed by atoms with van der Waals surface area (Å²) in [6.45, 7) is 5.82. The van der Waals surface area contributed by atoms with Crippen LogP contribution in [0.3, 0.4) is 0 Å². The Morgan fingerprint density at radius 3 is 2.36 bits per heavy atom. The molecule has 25 heavy (non-hydrogen) atoms. The van der Waals surface area contributed by atoms with Crippen molar-refractivity contribution in [3.63, 3.8) is 0 Å². The highest BCUT2D eigenvalue weighted by Crippen LogP contribution is 2.22. The van der Waals surface area contributed by atoms with Crippen molar-refractivity contribution in [3.05, 3.63) is 47.5 Å². The molecule has 0 heterocycles. The van der Waals surface area contributed by atoms with Gasteiger partial charge >= 0.3 is 5.97 Å². The predicted octanol–water partition coefficient (Wildman–Crippen LogP) is 3.14. The van der Waals surface area contributed by atoms with Gasteiger partial charge in [-0.1, -0.05) is 45.1 Å². The molecule has 1 aliphatic rings. The Kier molecular flexibility index (Phi) is 6.12. The first kappa shape index (κ1) is 18.9. The SMILES string of the molecule is CC(C)(C)c1ccc(C(=O)NC(=O)COC(=O)[C@@H]2CC=CCC2)cc1. The zero-order valence-electron chi connectivity index (χ0n) is 15.0. The van der Waals surface area contributed by atoms with Crippen LogP contribution in [0, 0.1) is 5.92 Å². The molecule has 0 saturated heterocycles. The summed E-state index contributed by atoms with van der Waals surface area (Å²) >= 11 is 0. The molecule has 0 aliphatic heterocycles. The maximum absolute atomic E-state index is 12.1. The molecule has 0 saturated carbocycles. The van der Waals surface area contributed by atoms with Gasteiger partial charge < -0.3 is 4.74 Å². The Hall–Kier alpha value is -2.43. The standard InChI is InChI=1S/C20H25NO4/c1-20(2,3)16-11-9-14(10-12-16)18(23)21-17(22)13-25-19(24)15-7-5-4-6-8-15/h4-5,9-12,15H,6-8,13H2,1-3H3,(H,21,22,23)/t15-/m1/s1. The van der Waals surface area contributed by atoms with Gasteiger partial charge in [-0.25, -0.2) is 0 Å². The summed E-state index contributed by atoms with van der Waals surface area (Å²) in [5, 5.41) is 2.24. The molecule has 1 aromatic carbocycles. The lowest BCUT2D eigenvalue weighted by atomic mass is 9.87. The number of esters is 1. The number of nitrogens with one attached hydrogen (secondary N) is 1. The van der Waals surface area contributed by atoms with Crippen molar-refractivity contribution >= 4 is 17.8 Å². The summed E-state index contributed by atoms with van der Waals surface area (Å²) in [6, 6.07) is 7.11. The summed E-state index contributed by atoms with van der Waals surface area (Å²) in [5.41, 5.74) is 1.49. The Morgan fingerprint density at radius 1 is 1.12 bits per heavy atom. The topological polar surface area (TPSA) is 72.5 Å². The van der Waals surface area contributed by atoms with Gasteiger partial charge in [0, 0.05) is 5.56 Å². The number of rotatable bonds is 4. The molecule has 5 nitrogen and oxygen atoms in total. The van der Waals surface area contributed by atoms with E-state index in [0.29, 0.717) is 12.0 Å². The van der Waals surface area contributed by atoms with E-state index in [1.165, 1.54) is 0 Å². The first-order valence-corrected chi connectivity index (χ1v) is 8.54. The molecular weight excluding hydrogens is 318 g/mol. The number of hydrogen-bond donors (Lipinski definition) is 1. The molecule has 1 atom stereocenters. The highest BCUT2D eigenvalue weighted by Gasteiger charge is 2.21. The van der Waals surface area contributed by atoms with Crippen molar-refractivity contribution in [2.75, 3.05) is 6.61 Å². The van der Waals surface area contributed by atoms with Crippen LogP contribution in [0.15, 0.2) is 36.4 Å². The second kappa shape index (κ2) is 8.10. The second-order valence-corrected chi connectivity index (χ2v) is 7.29. The van der Waals surface area contributed by atoms with E-state index in [9.17, 15) is 14.4 Å². The van der Waals surface area contributed by atoms with Crippen LogP contribution < -0.4 is 5.32 Å². The number of imide groups is 1. The van der Waals surface area contributed by atoms with Crippen LogP contribution in [0.2, 0.25) is 0 Å². The van der Waals surface area contributed by atoms with Crippen LogP contribution >= 0.6 is 0 Å². The first-order chi connectivity index (χ1) is 11.8. The number of carbonyl (C=O) groups is 3. The van der Waals surface area contributed by atoms with E-state index in [1.807, 2.05) is 24.3 Å². The lowest BCUT2D eigenvalue weighted by molar-refractivity contribution is -0.152. The fourth-order valence-electron chi connectivity index (χ4n) is 2.62. The lowest BCUT2D eigenvalue weighted by Crippen LogP contribution is -2.35. The molecule has 1 N–H and O–H groups in total. The summed E-state index contributed by atoms with van der Waals surface area (Å²) < 4.78 is 5.01. The van der Waals surface area contributed by atoms with Crippen molar-refractivity contribution in [1.29, 1.82) is 0 Å². The average Bonchev–Trinajstić information content (AvgIpc) is 2.59. The number of hydrogen-bond acceptors (Lipinski definition) is 4. The van der Waals surface area contributed by atoms with E-state index in [2.05, 4.69) is 26.1 Å². The van der Waals surface area contributed by atoms with Gasteiger partial charge in [0.05, 0.1) is 5.92 Å². The number of carbonyl (C=O) groups excluding carboxylic acids is 3. The Labute approximate surface area is 148 Å². The highest BCUT2D eigenvalue weighted by atomic mass is 16.5. The van der Waals surface area contributed by atoms with E-state index >= 15 is 0 Å². The van der Waals surface area contributed by atoms with E-state index in [-0.39, 0.29) is 17.3 Å². The molecule has 0 fully saturated rings. The second-order valence-electron chi connectivity index (χ2n) is 7.29. The van der Waals surface area contributed by atoms with Crippen LogP contribution in [0.5, 0.6) is 0 Å². The van der Waals surface area contributed by atoms with Crippen molar-refractivity contribution in [1.82, 2.24) is 5.32 Å². The molecule has 0 radical (unpaired) electrons. The molecule has 5 heteroatoms. The van der Waals surface area contributed by atoms with Crippen molar-refractivity contribution in [2.24, 2.45) is 5.92 Å². The van der Waals surface area contributed by atoms with Gasteiger partial charge in [0.2, 0.25) is 0 Å². The molecule has 2 rings (SSSR count). The van der Waals surface area contributed by atoms with E-state index in [0.717, 1.165) is 18.4 Å². The maximum atomic E-state index is 12.1. The number of amides is 2. The zero-order chi connectivity index (χ0) is 18.4. The van der Waals surface area contributed by atoms with E-state index in [1.54, 1.807) is 12.1 Å². The highest BCUT2D eigenvalue weighted by molar-refractivity contribution is 6.05. The van der Waals surface area contributed by atoms with Gasteiger partial charge in [-0.15, -0.1) is 0 Å². The largest absolute Gasteiger partial charge is 0.455 e.